The molecule has 0 radical (unpaired) electrons. The van der Waals surface area contributed by atoms with E-state index < -0.39 is 19.7 Å². The zero-order chi connectivity index (χ0) is 5.44. The summed E-state index contributed by atoms with van der Waals surface area (Å²) in [4.78, 5) is 0. The third-order valence-corrected chi connectivity index (χ3v) is 6.27. The summed E-state index contributed by atoms with van der Waals surface area (Å²) in [6.07, 6.45) is 2.08. The summed E-state index contributed by atoms with van der Waals surface area (Å²) in [5.41, 5.74) is 0. The average Bonchev–Trinajstić information content (AvgIpc) is 1.68. The number of hydrogen-bond donors (Lipinski definition) is 1. The topological polar surface area (TPSA) is 20.2 Å². The van der Waals surface area contributed by atoms with Crippen LogP contribution in [0.15, 0.2) is 9.67 Å². The Labute approximate surface area is 50.4 Å². The predicted molar refractivity (Wildman–Crippen MR) is 32.4 cm³/mol. The Morgan fingerprint density at radius 2 is 2.14 bits per heavy atom. The van der Waals surface area contributed by atoms with E-state index in [9.17, 15) is 0 Å². The van der Waals surface area contributed by atoms with Gasteiger partial charge in [-0.1, -0.05) is 0 Å². The molecular weight excluding hydrogens is 195 g/mol. The predicted octanol–water partition coefficient (Wildman–Crippen LogP) is 0.243. The van der Waals surface area contributed by atoms with Gasteiger partial charge in [0.2, 0.25) is 0 Å². The third-order valence-electron chi connectivity index (χ3n) is 1.18. The molecule has 0 atom stereocenters. The number of hydrogen-bond acceptors (Lipinski definition) is 1. The van der Waals surface area contributed by atoms with Crippen molar-refractivity contribution in [1.29, 1.82) is 0 Å². The van der Waals surface area contributed by atoms with Crippen molar-refractivity contribution in [2.24, 2.45) is 0 Å². The van der Waals surface area contributed by atoms with E-state index in [1.807, 2.05) is 13.8 Å². The molecule has 2 heteroatoms. The molecule has 0 saturated carbocycles. The minimum absolute atomic E-state index is 1.28. The van der Waals surface area contributed by atoms with Crippen molar-refractivity contribution >= 4 is 23.2 Å². The number of rotatable bonds is 0. The summed E-state index contributed by atoms with van der Waals surface area (Å²) >= 11 is -1.86. The molecule has 7 heavy (non-hydrogen) atoms. The van der Waals surface area contributed by atoms with Crippen LogP contribution in [0.3, 0.4) is 0 Å². The average molecular weight is 203 g/mol. The Balaban J connectivity index is 2.73. The van der Waals surface area contributed by atoms with Crippen LogP contribution in [0.4, 0.5) is 0 Å². The van der Waals surface area contributed by atoms with E-state index >= 15 is 0 Å². The molecule has 1 rings (SSSR count). The van der Waals surface area contributed by atoms with Gasteiger partial charge in [-0.3, -0.25) is 0 Å². The summed E-state index contributed by atoms with van der Waals surface area (Å²) in [6, 6.07) is 0. The van der Waals surface area contributed by atoms with Crippen molar-refractivity contribution in [3.05, 3.63) is 9.67 Å². The summed E-state index contributed by atoms with van der Waals surface area (Å²) < 4.78 is 11.6. The van der Waals surface area contributed by atoms with Crippen LogP contribution in [0.2, 0.25) is 0 Å². The quantitative estimate of drug-likeness (QED) is 0.559. The molecule has 0 aromatic carbocycles. The van der Waals surface area contributed by atoms with Gasteiger partial charge < -0.3 is 0 Å². The maximum atomic E-state index is 9.08. The molecule has 38 valence electrons. The maximum absolute atomic E-state index is 9.08. The molecule has 0 bridgehead atoms. The molecule has 1 N–H and O–H groups in total. The zero-order valence-corrected chi connectivity index (χ0v) is 7.38. The first-order valence-electron chi connectivity index (χ1n) is 2.30. The Morgan fingerprint density at radius 1 is 1.57 bits per heavy atom. The van der Waals surface area contributed by atoms with Crippen LogP contribution in [0.5, 0.6) is 0 Å². The van der Waals surface area contributed by atoms with Crippen molar-refractivity contribution in [2.45, 2.75) is 13.8 Å². The van der Waals surface area contributed by atoms with Gasteiger partial charge in [-0.05, 0) is 0 Å². The molecule has 0 aliphatic carbocycles. The summed E-state index contributed by atoms with van der Waals surface area (Å²) in [5, 5.41) is 0. The molecule has 0 aromatic rings. The van der Waals surface area contributed by atoms with Crippen LogP contribution in [0.1, 0.15) is 13.8 Å². The van der Waals surface area contributed by atoms with Gasteiger partial charge >= 0.3 is 50.2 Å². The van der Waals surface area contributed by atoms with Gasteiger partial charge in [0.1, 0.15) is 0 Å². The van der Waals surface area contributed by atoms with Crippen LogP contribution < -0.4 is 0 Å². The summed E-state index contributed by atoms with van der Waals surface area (Å²) in [6.45, 7) is 4.03. The van der Waals surface area contributed by atoms with Gasteiger partial charge in [-0.15, -0.1) is 0 Å². The molecule has 0 unspecified atom stereocenters. The van der Waals surface area contributed by atoms with E-state index in [2.05, 4.69) is 6.08 Å². The van der Waals surface area contributed by atoms with Crippen LogP contribution in [0, 0.1) is 0 Å². The molecule has 0 spiro atoms. The van der Waals surface area contributed by atoms with Crippen LogP contribution in [0.25, 0.3) is 0 Å². The van der Waals surface area contributed by atoms with E-state index in [4.69, 9.17) is 3.44 Å². The second-order valence-electron chi connectivity index (χ2n) is 1.86. The molecular formula is C5H8OSn. The fourth-order valence-electron chi connectivity index (χ4n) is 0.695. The molecule has 0 saturated heterocycles. The molecule has 1 aliphatic rings. The van der Waals surface area contributed by atoms with Gasteiger partial charge in [0.15, 0.2) is 0 Å². The standard InChI is InChI=1S/C5H7.H2O.Sn/c1-3-5-4-2;;/h5H,1-2H3;1H2;/q;;+1/p-1. The van der Waals surface area contributed by atoms with Crippen molar-refractivity contribution in [3.8, 4) is 0 Å². The normalized spacial score (nSPS) is 19.0. The Morgan fingerprint density at radius 3 is 2.14 bits per heavy atom. The fraction of sp³-hybridized carbons (Fsp3) is 0.400. The Hall–Kier alpha value is 0.369. The SMILES string of the molecule is C[C]1=C[C](C)=[Sn]1[OH]. The molecule has 0 amide bonds. The van der Waals surface area contributed by atoms with Crippen molar-refractivity contribution < 1.29 is 3.44 Å². The second kappa shape index (κ2) is 1.71. The van der Waals surface area contributed by atoms with Gasteiger partial charge in [0.25, 0.3) is 0 Å². The Bertz CT molecular complexity index is 155. The van der Waals surface area contributed by atoms with E-state index in [-0.39, 0.29) is 0 Å². The van der Waals surface area contributed by atoms with E-state index in [0.717, 1.165) is 0 Å². The van der Waals surface area contributed by atoms with E-state index in [1.54, 1.807) is 0 Å². The monoisotopic (exact) mass is 204 g/mol. The number of allylic oxidation sites excluding steroid dienone is 2. The van der Waals surface area contributed by atoms with Gasteiger partial charge in [0, 0.05) is 0 Å². The second-order valence-corrected chi connectivity index (χ2v) is 8.35. The van der Waals surface area contributed by atoms with Crippen molar-refractivity contribution in [2.75, 3.05) is 0 Å². The van der Waals surface area contributed by atoms with Crippen molar-refractivity contribution in [1.82, 2.24) is 0 Å². The molecule has 0 aromatic heterocycles. The van der Waals surface area contributed by atoms with Crippen LogP contribution in [-0.2, 0) is 0 Å². The third kappa shape index (κ3) is 0.795. The molecule has 1 heterocycles. The van der Waals surface area contributed by atoms with Crippen molar-refractivity contribution in [3.63, 3.8) is 0 Å². The Kier molecular flexibility index (Phi) is 1.34. The minimum atomic E-state index is -1.86. The molecule has 1 aliphatic heterocycles. The van der Waals surface area contributed by atoms with E-state index in [0.29, 0.717) is 0 Å². The molecule has 1 nitrogen and oxygen atoms in total. The summed E-state index contributed by atoms with van der Waals surface area (Å²) in [7, 11) is 0. The van der Waals surface area contributed by atoms with E-state index in [1.165, 1.54) is 7.11 Å². The van der Waals surface area contributed by atoms with Gasteiger partial charge in [-0.2, -0.15) is 0 Å². The van der Waals surface area contributed by atoms with Gasteiger partial charge in [0.05, 0.1) is 0 Å². The zero-order valence-electron chi connectivity index (χ0n) is 4.52. The fourth-order valence-corrected chi connectivity index (χ4v) is 3.84. The van der Waals surface area contributed by atoms with Crippen LogP contribution >= 0.6 is 0 Å². The first kappa shape index (κ1) is 5.50. The first-order chi connectivity index (χ1) is 3.22. The van der Waals surface area contributed by atoms with Gasteiger partial charge in [-0.25, -0.2) is 0 Å². The van der Waals surface area contributed by atoms with Crippen LogP contribution in [-0.4, -0.2) is 26.7 Å². The molecule has 0 fully saturated rings. The first-order valence-corrected chi connectivity index (χ1v) is 6.43. The summed E-state index contributed by atoms with van der Waals surface area (Å²) in [5.74, 6) is 0.